The second kappa shape index (κ2) is 5.65. The van der Waals surface area contributed by atoms with E-state index in [0.29, 0.717) is 28.3 Å². The first-order valence-corrected chi connectivity index (χ1v) is 7.98. The third kappa shape index (κ3) is 2.13. The van der Waals surface area contributed by atoms with Crippen molar-refractivity contribution in [1.82, 2.24) is 4.98 Å². The second-order valence-corrected chi connectivity index (χ2v) is 6.11. The molecule has 0 fully saturated rings. The van der Waals surface area contributed by atoms with Gasteiger partial charge in [0.1, 0.15) is 18.0 Å². The van der Waals surface area contributed by atoms with E-state index in [-0.39, 0.29) is 12.6 Å². The number of nitrogen functional groups attached to an aromatic ring is 1. The number of hydrogen-bond donors (Lipinski definition) is 1. The summed E-state index contributed by atoms with van der Waals surface area (Å²) >= 11 is 0. The van der Waals surface area contributed by atoms with Gasteiger partial charge in [-0.05, 0) is 54.3 Å². The number of hydrogen-bond acceptors (Lipinski definition) is 6. The van der Waals surface area contributed by atoms with Crippen molar-refractivity contribution in [2.24, 2.45) is 0 Å². The molecule has 2 heterocycles. The smallest absolute Gasteiger partial charge is 0.231 e. The van der Waals surface area contributed by atoms with Gasteiger partial charge >= 0.3 is 0 Å². The summed E-state index contributed by atoms with van der Waals surface area (Å²) in [5.41, 5.74) is 11.3. The van der Waals surface area contributed by atoms with E-state index in [1.807, 2.05) is 38.1 Å². The quantitative estimate of drug-likeness (QED) is 0.851. The molecule has 0 bridgehead atoms. The van der Waals surface area contributed by atoms with Crippen LogP contribution in [-0.2, 0) is 0 Å². The Morgan fingerprint density at radius 3 is 2.65 bits per heavy atom. The Bertz CT molecular complexity index is 1110. The zero-order valence-electron chi connectivity index (χ0n) is 14.3. The highest BCUT2D eigenvalue weighted by molar-refractivity contribution is 6.08. The first-order valence-electron chi connectivity index (χ1n) is 7.98. The van der Waals surface area contributed by atoms with Crippen LogP contribution < -0.4 is 15.2 Å². The number of rotatable bonds is 1. The summed E-state index contributed by atoms with van der Waals surface area (Å²) in [6.45, 7) is 3.92. The van der Waals surface area contributed by atoms with E-state index in [0.717, 1.165) is 27.8 Å². The van der Waals surface area contributed by atoms with Gasteiger partial charge < -0.3 is 15.2 Å². The Hall–Kier alpha value is -3.77. The zero-order valence-corrected chi connectivity index (χ0v) is 14.3. The van der Waals surface area contributed by atoms with E-state index >= 15 is 0 Å². The number of nitriles is 2. The molecule has 0 unspecified atom stereocenters. The molecule has 1 aromatic heterocycles. The lowest BCUT2D eigenvalue weighted by molar-refractivity contribution is 0.174. The normalized spacial score (nSPS) is 15.8. The molecule has 0 saturated carbocycles. The Morgan fingerprint density at radius 2 is 1.92 bits per heavy atom. The van der Waals surface area contributed by atoms with Crippen LogP contribution in [0.3, 0.4) is 0 Å². The van der Waals surface area contributed by atoms with E-state index in [1.54, 1.807) is 0 Å². The highest BCUT2D eigenvalue weighted by Gasteiger charge is 2.29. The largest absolute Gasteiger partial charge is 0.454 e. The maximum atomic E-state index is 9.58. The molecule has 0 saturated heterocycles. The van der Waals surface area contributed by atoms with Crippen molar-refractivity contribution in [3.63, 3.8) is 0 Å². The summed E-state index contributed by atoms with van der Waals surface area (Å²) in [5, 5.41) is 19.0. The van der Waals surface area contributed by atoms with Gasteiger partial charge in [-0.15, -0.1) is 0 Å². The van der Waals surface area contributed by atoms with Gasteiger partial charge in [-0.25, -0.2) is 4.98 Å². The zero-order chi connectivity index (χ0) is 18.4. The molecule has 0 amide bonds. The van der Waals surface area contributed by atoms with Gasteiger partial charge in [-0.3, -0.25) is 0 Å². The van der Waals surface area contributed by atoms with Gasteiger partial charge in [0.25, 0.3) is 0 Å². The van der Waals surface area contributed by atoms with Gasteiger partial charge in [-0.2, -0.15) is 10.5 Å². The van der Waals surface area contributed by atoms with Crippen molar-refractivity contribution < 1.29 is 9.47 Å². The fourth-order valence-corrected chi connectivity index (χ4v) is 3.37. The summed E-state index contributed by atoms with van der Waals surface area (Å²) in [4.78, 5) is 4.33. The van der Waals surface area contributed by atoms with E-state index in [4.69, 9.17) is 15.2 Å². The SMILES string of the molecule is CC1=C(C#N)c2nc(N)c(C#N)c(C)c2/C1=C/c1ccc2c(c1)OCO2. The molecule has 0 spiro atoms. The molecule has 0 radical (unpaired) electrons. The number of ether oxygens (including phenoxy) is 2. The fourth-order valence-electron chi connectivity index (χ4n) is 3.37. The molecule has 4 rings (SSSR count). The van der Waals surface area contributed by atoms with Crippen molar-refractivity contribution >= 4 is 23.0 Å². The van der Waals surface area contributed by atoms with Crippen molar-refractivity contribution in [3.8, 4) is 23.6 Å². The number of aromatic nitrogens is 1. The Morgan fingerprint density at radius 1 is 1.15 bits per heavy atom. The molecule has 2 aromatic rings. The van der Waals surface area contributed by atoms with Gasteiger partial charge in [0, 0.05) is 5.56 Å². The third-order valence-electron chi connectivity index (χ3n) is 4.69. The molecule has 26 heavy (non-hydrogen) atoms. The Balaban J connectivity index is 1.95. The molecule has 1 aromatic carbocycles. The van der Waals surface area contributed by atoms with Gasteiger partial charge in [-0.1, -0.05) is 6.07 Å². The van der Waals surface area contributed by atoms with Crippen molar-refractivity contribution in [2.75, 3.05) is 12.5 Å². The highest BCUT2D eigenvalue weighted by Crippen LogP contribution is 2.44. The number of nitrogens with zero attached hydrogens (tertiary/aromatic N) is 3. The molecule has 0 atom stereocenters. The van der Waals surface area contributed by atoms with Crippen LogP contribution in [0.4, 0.5) is 5.82 Å². The fraction of sp³-hybridized carbons (Fsp3) is 0.150. The lowest BCUT2D eigenvalue weighted by Gasteiger charge is -2.11. The summed E-state index contributed by atoms with van der Waals surface area (Å²) in [5.74, 6) is 1.54. The van der Waals surface area contributed by atoms with E-state index in [9.17, 15) is 10.5 Å². The maximum absolute atomic E-state index is 9.58. The second-order valence-electron chi connectivity index (χ2n) is 6.11. The van der Waals surface area contributed by atoms with Gasteiger partial charge in [0.15, 0.2) is 11.5 Å². The van der Waals surface area contributed by atoms with E-state index in [1.165, 1.54) is 0 Å². The van der Waals surface area contributed by atoms with Crippen LogP contribution in [0.5, 0.6) is 11.5 Å². The summed E-state index contributed by atoms with van der Waals surface area (Å²) in [7, 11) is 0. The minimum atomic E-state index is 0.147. The Labute approximate surface area is 150 Å². The van der Waals surface area contributed by atoms with E-state index in [2.05, 4.69) is 17.1 Å². The van der Waals surface area contributed by atoms with Crippen LogP contribution in [0.25, 0.3) is 17.2 Å². The molecule has 1 aliphatic heterocycles. The molecule has 2 N–H and O–H groups in total. The van der Waals surface area contributed by atoms with Crippen molar-refractivity contribution in [3.05, 3.63) is 51.7 Å². The first kappa shape index (κ1) is 15.7. The van der Waals surface area contributed by atoms with Crippen molar-refractivity contribution in [2.45, 2.75) is 13.8 Å². The van der Waals surface area contributed by atoms with E-state index < -0.39 is 0 Å². The molecular weight excluding hydrogens is 328 g/mol. The number of fused-ring (bicyclic) bond motifs is 2. The number of nitrogens with two attached hydrogens (primary N) is 1. The third-order valence-corrected chi connectivity index (χ3v) is 4.69. The predicted octanol–water partition coefficient (Wildman–Crippen LogP) is 3.42. The molecule has 6 nitrogen and oxygen atoms in total. The number of allylic oxidation sites excluding steroid dienone is 3. The predicted molar refractivity (Wildman–Crippen MR) is 96.7 cm³/mol. The summed E-state index contributed by atoms with van der Waals surface area (Å²) in [6.07, 6.45) is 1.96. The summed E-state index contributed by atoms with van der Waals surface area (Å²) in [6, 6.07) is 9.98. The minimum Gasteiger partial charge on any atom is -0.454 e. The number of pyridine rings is 1. The molecule has 2 aliphatic rings. The lowest BCUT2D eigenvalue weighted by Crippen LogP contribution is -2.03. The topological polar surface area (TPSA) is 105 Å². The molecular formula is C20H14N4O2. The lowest BCUT2D eigenvalue weighted by atomic mass is 9.95. The average Bonchev–Trinajstić information content (AvgIpc) is 3.18. The average molecular weight is 342 g/mol. The number of anilines is 1. The maximum Gasteiger partial charge on any atom is 0.231 e. The monoisotopic (exact) mass is 342 g/mol. The minimum absolute atomic E-state index is 0.147. The molecule has 126 valence electrons. The number of benzene rings is 1. The van der Waals surface area contributed by atoms with Crippen LogP contribution in [0.15, 0.2) is 23.8 Å². The standard InChI is InChI=1S/C20H14N4O2/c1-10-13(5-12-3-4-16-17(6-12)26-9-25-16)18-11(2)15(8-22)20(23)24-19(18)14(10)7-21/h3-6H,9H2,1-2H3,(H2,23,24)/b13-5+. The van der Waals surface area contributed by atoms with Crippen LogP contribution in [0.1, 0.15) is 34.9 Å². The summed E-state index contributed by atoms with van der Waals surface area (Å²) < 4.78 is 10.8. The van der Waals surface area contributed by atoms with Crippen LogP contribution in [0, 0.1) is 29.6 Å². The molecule has 1 aliphatic carbocycles. The Kier molecular flexibility index (Phi) is 3.42. The first-order chi connectivity index (χ1) is 12.5. The van der Waals surface area contributed by atoms with Crippen molar-refractivity contribution in [1.29, 1.82) is 10.5 Å². The molecule has 6 heteroatoms. The van der Waals surface area contributed by atoms with Crippen LogP contribution in [-0.4, -0.2) is 11.8 Å². The van der Waals surface area contributed by atoms with Crippen LogP contribution in [0.2, 0.25) is 0 Å². The highest BCUT2D eigenvalue weighted by atomic mass is 16.7. The van der Waals surface area contributed by atoms with Crippen LogP contribution >= 0.6 is 0 Å². The van der Waals surface area contributed by atoms with Gasteiger partial charge in [0.05, 0.1) is 16.8 Å². The van der Waals surface area contributed by atoms with Gasteiger partial charge in [0.2, 0.25) is 6.79 Å².